The highest BCUT2D eigenvalue weighted by Gasteiger charge is 2.20. The van der Waals surface area contributed by atoms with Crippen LogP contribution in [-0.4, -0.2) is 35.3 Å². The minimum Gasteiger partial charge on any atom is -0.492 e. The monoisotopic (exact) mass is 400 g/mol. The summed E-state index contributed by atoms with van der Waals surface area (Å²) in [6, 6.07) is 14.4. The lowest BCUT2D eigenvalue weighted by Crippen LogP contribution is -2.30. The third-order valence-electron chi connectivity index (χ3n) is 3.71. The Bertz CT molecular complexity index is 939. The topological polar surface area (TPSA) is 90.7 Å². The molecule has 0 unspecified atom stereocenters. The second-order valence-electron chi connectivity index (χ2n) is 5.79. The van der Waals surface area contributed by atoms with E-state index in [2.05, 4.69) is 10.3 Å². The van der Waals surface area contributed by atoms with Gasteiger partial charge in [-0.15, -0.1) is 0 Å². The van der Waals surface area contributed by atoms with E-state index < -0.39 is 18.0 Å². The van der Waals surface area contributed by atoms with Crippen LogP contribution in [0.4, 0.5) is 5.69 Å². The molecule has 0 aliphatic rings. The number of ether oxygens (including phenoxy) is 2. The Morgan fingerprint density at radius 3 is 2.71 bits per heavy atom. The molecule has 146 valence electrons. The molecule has 1 N–H and O–H groups in total. The molecule has 1 atom stereocenters. The molecule has 0 saturated heterocycles. The molecule has 1 amide bonds. The third-order valence-corrected chi connectivity index (χ3v) is 4.51. The molecule has 3 aromatic rings. The molecule has 0 saturated carbocycles. The van der Waals surface area contributed by atoms with E-state index in [0.29, 0.717) is 28.8 Å². The minimum atomic E-state index is -0.952. The van der Waals surface area contributed by atoms with Gasteiger partial charge in [0.1, 0.15) is 17.0 Å². The van der Waals surface area contributed by atoms with E-state index in [9.17, 15) is 9.59 Å². The average molecular weight is 400 g/mol. The number of nitrogens with zero attached hydrogens (tertiary/aromatic N) is 1. The molecule has 0 aliphatic carbocycles. The summed E-state index contributed by atoms with van der Waals surface area (Å²) >= 11 is 1.12. The number of hydrogen-bond acceptors (Lipinski definition) is 7. The Balaban J connectivity index is 1.51. The van der Waals surface area contributed by atoms with Crippen molar-refractivity contribution in [2.24, 2.45) is 0 Å². The number of carbonyl (C=O) groups is 2. The van der Waals surface area contributed by atoms with Crippen molar-refractivity contribution in [3.63, 3.8) is 0 Å². The standard InChI is InChI=1S/C20H20N2O5S/c1-3-25-16-10-6-4-8-14(16)21-19(24)13(2)26-18(23)12-28-20-22-15-9-5-7-11-17(15)27-20/h4-11,13H,3,12H2,1-2H3,(H,21,24)/t13-/m0/s1. The van der Waals surface area contributed by atoms with Crippen LogP contribution in [0.5, 0.6) is 5.75 Å². The average Bonchev–Trinajstić information content (AvgIpc) is 3.11. The number of carbonyl (C=O) groups excluding carboxylic acids is 2. The molecule has 1 aromatic heterocycles. The molecule has 0 aliphatic heterocycles. The predicted octanol–water partition coefficient (Wildman–Crippen LogP) is 3.89. The second-order valence-corrected chi connectivity index (χ2v) is 6.71. The SMILES string of the molecule is CCOc1ccccc1NC(=O)[C@H](C)OC(=O)CSc1nc2ccccc2o1. The molecule has 28 heavy (non-hydrogen) atoms. The zero-order valence-corrected chi connectivity index (χ0v) is 16.3. The Morgan fingerprint density at radius 2 is 1.93 bits per heavy atom. The van der Waals surface area contributed by atoms with Crippen molar-refractivity contribution in [3.8, 4) is 5.75 Å². The molecular weight excluding hydrogens is 380 g/mol. The number of rotatable bonds is 8. The van der Waals surface area contributed by atoms with Crippen molar-refractivity contribution in [2.75, 3.05) is 17.7 Å². The van der Waals surface area contributed by atoms with Gasteiger partial charge >= 0.3 is 5.97 Å². The Morgan fingerprint density at radius 1 is 1.18 bits per heavy atom. The van der Waals surface area contributed by atoms with Crippen LogP contribution in [0.25, 0.3) is 11.1 Å². The maximum atomic E-state index is 12.3. The fourth-order valence-electron chi connectivity index (χ4n) is 2.40. The molecule has 0 fully saturated rings. The van der Waals surface area contributed by atoms with Gasteiger partial charge in [0.05, 0.1) is 12.3 Å². The van der Waals surface area contributed by atoms with Crippen molar-refractivity contribution in [1.82, 2.24) is 4.98 Å². The van der Waals surface area contributed by atoms with Crippen molar-refractivity contribution in [1.29, 1.82) is 0 Å². The lowest BCUT2D eigenvalue weighted by Gasteiger charge is -2.15. The summed E-state index contributed by atoms with van der Waals surface area (Å²) in [4.78, 5) is 28.6. The molecular formula is C20H20N2O5S. The van der Waals surface area contributed by atoms with Gasteiger partial charge in [0.2, 0.25) is 0 Å². The van der Waals surface area contributed by atoms with Crippen LogP contribution in [-0.2, 0) is 14.3 Å². The third kappa shape index (κ3) is 5.04. The van der Waals surface area contributed by atoms with Gasteiger partial charge in [0.25, 0.3) is 11.1 Å². The largest absolute Gasteiger partial charge is 0.492 e. The summed E-state index contributed by atoms with van der Waals surface area (Å²) < 4.78 is 16.2. The molecule has 0 bridgehead atoms. The van der Waals surface area contributed by atoms with E-state index in [0.717, 1.165) is 17.3 Å². The summed E-state index contributed by atoms with van der Waals surface area (Å²) in [5, 5.41) is 3.09. The number of para-hydroxylation sites is 4. The van der Waals surface area contributed by atoms with Gasteiger partial charge in [-0.3, -0.25) is 9.59 Å². The van der Waals surface area contributed by atoms with Crippen molar-refractivity contribution in [3.05, 3.63) is 48.5 Å². The lowest BCUT2D eigenvalue weighted by molar-refractivity contribution is -0.150. The fourth-order valence-corrected chi connectivity index (χ4v) is 3.02. The van der Waals surface area contributed by atoms with Crippen molar-refractivity contribution in [2.45, 2.75) is 25.2 Å². The number of nitrogens with one attached hydrogen (secondary N) is 1. The van der Waals surface area contributed by atoms with Gasteiger partial charge in [-0.2, -0.15) is 0 Å². The van der Waals surface area contributed by atoms with Gasteiger partial charge in [0.15, 0.2) is 11.7 Å². The first-order chi connectivity index (χ1) is 13.6. The summed E-state index contributed by atoms with van der Waals surface area (Å²) in [5.74, 6) is -0.427. The number of amides is 1. The van der Waals surface area contributed by atoms with E-state index in [1.807, 2.05) is 31.2 Å². The van der Waals surface area contributed by atoms with Crippen molar-refractivity contribution < 1.29 is 23.5 Å². The number of thioether (sulfide) groups is 1. The molecule has 8 heteroatoms. The predicted molar refractivity (Wildman–Crippen MR) is 107 cm³/mol. The Hall–Kier alpha value is -3.00. The van der Waals surface area contributed by atoms with Crippen molar-refractivity contribution >= 4 is 40.4 Å². The highest BCUT2D eigenvalue weighted by molar-refractivity contribution is 7.99. The fraction of sp³-hybridized carbons (Fsp3) is 0.250. The molecule has 0 radical (unpaired) electrons. The quantitative estimate of drug-likeness (QED) is 0.453. The van der Waals surface area contributed by atoms with Crippen LogP contribution in [0.15, 0.2) is 58.2 Å². The molecule has 3 rings (SSSR count). The molecule has 1 heterocycles. The normalized spacial score (nSPS) is 11.8. The number of fused-ring (bicyclic) bond motifs is 1. The van der Waals surface area contributed by atoms with E-state index in [1.165, 1.54) is 6.92 Å². The minimum absolute atomic E-state index is 0.0139. The Kier molecular flexibility index (Phi) is 6.54. The summed E-state index contributed by atoms with van der Waals surface area (Å²) in [6.07, 6.45) is -0.952. The number of hydrogen-bond donors (Lipinski definition) is 1. The van der Waals surface area contributed by atoms with Gasteiger partial charge in [-0.1, -0.05) is 36.0 Å². The zero-order valence-electron chi connectivity index (χ0n) is 15.5. The van der Waals surface area contributed by atoms with E-state index >= 15 is 0 Å². The maximum Gasteiger partial charge on any atom is 0.317 e. The van der Waals surface area contributed by atoms with Gasteiger partial charge < -0.3 is 19.2 Å². The summed E-state index contributed by atoms with van der Waals surface area (Å²) in [6.45, 7) is 3.85. The van der Waals surface area contributed by atoms with Gasteiger partial charge in [0, 0.05) is 0 Å². The van der Waals surface area contributed by atoms with Crippen LogP contribution in [0.1, 0.15) is 13.8 Å². The lowest BCUT2D eigenvalue weighted by atomic mass is 10.2. The maximum absolute atomic E-state index is 12.3. The molecule has 7 nitrogen and oxygen atoms in total. The van der Waals surface area contributed by atoms with E-state index in [1.54, 1.807) is 24.3 Å². The van der Waals surface area contributed by atoms with Crippen LogP contribution in [0, 0.1) is 0 Å². The van der Waals surface area contributed by atoms with E-state index in [-0.39, 0.29) is 5.75 Å². The zero-order chi connectivity index (χ0) is 19.9. The first-order valence-electron chi connectivity index (χ1n) is 8.77. The summed E-state index contributed by atoms with van der Waals surface area (Å²) in [5.41, 5.74) is 1.90. The van der Waals surface area contributed by atoms with Gasteiger partial charge in [-0.05, 0) is 38.1 Å². The van der Waals surface area contributed by atoms with E-state index in [4.69, 9.17) is 13.9 Å². The number of anilines is 1. The van der Waals surface area contributed by atoms with Crippen LogP contribution >= 0.6 is 11.8 Å². The number of aromatic nitrogens is 1. The number of benzene rings is 2. The molecule has 0 spiro atoms. The second kappa shape index (κ2) is 9.27. The first kappa shape index (κ1) is 19.8. The van der Waals surface area contributed by atoms with Crippen LogP contribution in [0.2, 0.25) is 0 Å². The molecule has 2 aromatic carbocycles. The number of oxazole rings is 1. The first-order valence-corrected chi connectivity index (χ1v) is 9.76. The van der Waals surface area contributed by atoms with Crippen LogP contribution in [0.3, 0.4) is 0 Å². The highest BCUT2D eigenvalue weighted by atomic mass is 32.2. The highest BCUT2D eigenvalue weighted by Crippen LogP contribution is 2.25. The summed E-state index contributed by atoms with van der Waals surface area (Å²) in [7, 11) is 0. The van der Waals surface area contributed by atoms with Crippen LogP contribution < -0.4 is 10.1 Å². The number of esters is 1. The Labute approximate surface area is 166 Å². The van der Waals surface area contributed by atoms with Gasteiger partial charge in [-0.25, -0.2) is 4.98 Å². The smallest absolute Gasteiger partial charge is 0.317 e.